The van der Waals surface area contributed by atoms with Crippen molar-refractivity contribution < 1.29 is 28.5 Å². The molecule has 0 N–H and O–H groups in total. The van der Waals surface area contributed by atoms with Crippen LogP contribution in [0.25, 0.3) is 6.08 Å². The average Bonchev–Trinajstić information content (AvgIpc) is 3.42. The summed E-state index contributed by atoms with van der Waals surface area (Å²) >= 11 is 6.26. The molecule has 0 saturated heterocycles. The smallest absolute Gasteiger partial charge is 0.271 e. The number of imide groups is 1. The van der Waals surface area contributed by atoms with Gasteiger partial charge in [0, 0.05) is 16.2 Å². The Balaban J connectivity index is 1.44. The summed E-state index contributed by atoms with van der Waals surface area (Å²) in [6.07, 6.45) is 1.65. The first-order chi connectivity index (χ1) is 19.4. The van der Waals surface area contributed by atoms with Crippen LogP contribution in [0.4, 0.5) is 0 Å². The van der Waals surface area contributed by atoms with Crippen LogP contribution in [0.1, 0.15) is 30.5 Å². The van der Waals surface area contributed by atoms with Gasteiger partial charge in [-0.3, -0.25) is 14.5 Å². The molecule has 0 radical (unpaired) electrons. The molecule has 0 saturated carbocycles. The van der Waals surface area contributed by atoms with E-state index in [2.05, 4.69) is 0 Å². The molecule has 3 aromatic carbocycles. The Hall–Kier alpha value is -4.74. The number of carbonyl (C=O) groups is 2. The van der Waals surface area contributed by atoms with Gasteiger partial charge in [0.2, 0.25) is 6.79 Å². The number of halogens is 1. The molecule has 0 aliphatic carbocycles. The lowest BCUT2D eigenvalue weighted by Crippen LogP contribution is -2.42. The number of carbonyl (C=O) groups excluding carboxylic acids is 2. The number of nitrogens with zero attached hydrogens (tertiary/aromatic N) is 2. The molecule has 0 atom stereocenters. The average molecular weight is 557 g/mol. The Labute approximate surface area is 236 Å². The third-order valence-corrected chi connectivity index (χ3v) is 6.89. The molecule has 0 unspecified atom stereocenters. The zero-order valence-corrected chi connectivity index (χ0v) is 22.7. The van der Waals surface area contributed by atoms with Crippen LogP contribution < -0.4 is 18.9 Å². The highest BCUT2D eigenvalue weighted by Gasteiger charge is 2.35. The van der Waals surface area contributed by atoms with E-state index < -0.39 is 11.8 Å². The molecule has 0 bridgehead atoms. The van der Waals surface area contributed by atoms with Crippen LogP contribution in [0.3, 0.4) is 0 Å². The number of fused-ring (bicyclic) bond motifs is 1. The first-order valence-corrected chi connectivity index (χ1v) is 13.0. The molecule has 202 valence electrons. The van der Waals surface area contributed by atoms with E-state index in [1.165, 1.54) is 0 Å². The number of benzene rings is 3. The molecule has 8 nitrogen and oxygen atoms in total. The molecule has 2 aliphatic rings. The van der Waals surface area contributed by atoms with E-state index >= 15 is 0 Å². The maximum absolute atomic E-state index is 13.6. The van der Waals surface area contributed by atoms with Gasteiger partial charge < -0.3 is 18.9 Å². The predicted octanol–water partition coefficient (Wildman–Crippen LogP) is 5.84. The lowest BCUT2D eigenvalue weighted by Gasteiger charge is -2.27. The van der Waals surface area contributed by atoms with Crippen molar-refractivity contribution in [2.75, 3.05) is 13.4 Å². The number of ether oxygens (including phenoxy) is 4. The highest BCUT2D eigenvalue weighted by Crippen LogP contribution is 2.35. The van der Waals surface area contributed by atoms with Crippen molar-refractivity contribution in [2.24, 2.45) is 0 Å². The van der Waals surface area contributed by atoms with Gasteiger partial charge >= 0.3 is 0 Å². The maximum Gasteiger partial charge on any atom is 0.271 e. The van der Waals surface area contributed by atoms with Crippen molar-refractivity contribution in [1.29, 1.82) is 5.26 Å². The van der Waals surface area contributed by atoms with Crippen LogP contribution in [0.5, 0.6) is 23.0 Å². The number of amides is 2. The van der Waals surface area contributed by atoms with E-state index in [0.29, 0.717) is 51.3 Å². The van der Waals surface area contributed by atoms with Crippen molar-refractivity contribution in [1.82, 2.24) is 4.90 Å². The maximum atomic E-state index is 13.6. The molecule has 5 rings (SSSR count). The van der Waals surface area contributed by atoms with Crippen LogP contribution in [0.2, 0.25) is 5.02 Å². The molecule has 2 amide bonds. The largest absolute Gasteiger partial charge is 0.490 e. The molecule has 9 heteroatoms. The molecule has 0 fully saturated rings. The van der Waals surface area contributed by atoms with Gasteiger partial charge in [0.25, 0.3) is 11.8 Å². The third-order valence-electron chi connectivity index (χ3n) is 6.52. The summed E-state index contributed by atoms with van der Waals surface area (Å²) < 4.78 is 22.6. The highest BCUT2D eigenvalue weighted by atomic mass is 35.5. The van der Waals surface area contributed by atoms with Crippen molar-refractivity contribution in [2.45, 2.75) is 27.0 Å². The van der Waals surface area contributed by atoms with E-state index in [-0.39, 0.29) is 31.1 Å². The number of nitriles is 1. The number of hydrogen-bond donors (Lipinski definition) is 0. The van der Waals surface area contributed by atoms with Crippen LogP contribution >= 0.6 is 11.6 Å². The minimum Gasteiger partial charge on any atom is -0.490 e. The Bertz CT molecular complexity index is 1600. The standard InChI is InChI=1S/C31H25ClN2O6/c1-3-37-28-13-20(8-10-26(28)38-17-22-6-4-5-7-25(22)32)12-23-19(2)24(15-33)31(36)34(30(23)35)16-21-9-11-27-29(14-21)40-18-39-27/h4-14H,3,16-18H2,1-2H3/b23-12+. The lowest BCUT2D eigenvalue weighted by atomic mass is 9.93. The summed E-state index contributed by atoms with van der Waals surface area (Å²) in [5, 5.41) is 10.4. The van der Waals surface area contributed by atoms with Crippen molar-refractivity contribution in [3.05, 3.63) is 99.1 Å². The fourth-order valence-corrected chi connectivity index (χ4v) is 4.63. The molecule has 2 heterocycles. The van der Waals surface area contributed by atoms with Crippen LogP contribution in [-0.4, -0.2) is 30.1 Å². The second kappa shape index (κ2) is 11.6. The number of rotatable bonds is 8. The Morgan fingerprint density at radius 3 is 2.58 bits per heavy atom. The fraction of sp³-hybridized carbons (Fsp3) is 0.194. The predicted molar refractivity (Wildman–Crippen MR) is 148 cm³/mol. The molecule has 40 heavy (non-hydrogen) atoms. The molecule has 0 aromatic heterocycles. The fourth-order valence-electron chi connectivity index (χ4n) is 4.43. The van der Waals surface area contributed by atoms with E-state index in [4.69, 9.17) is 30.5 Å². The van der Waals surface area contributed by atoms with Gasteiger partial charge in [-0.25, -0.2) is 0 Å². The summed E-state index contributed by atoms with van der Waals surface area (Å²) in [4.78, 5) is 27.8. The monoisotopic (exact) mass is 556 g/mol. The molecular weight excluding hydrogens is 532 g/mol. The molecule has 3 aromatic rings. The van der Waals surface area contributed by atoms with E-state index in [1.807, 2.05) is 31.2 Å². The summed E-state index contributed by atoms with van der Waals surface area (Å²) in [7, 11) is 0. The van der Waals surface area contributed by atoms with E-state index in [9.17, 15) is 14.9 Å². The quantitative estimate of drug-likeness (QED) is 0.254. The SMILES string of the molecule is CCOc1cc(/C=C2/C(=O)N(Cc3ccc4c(c3)OCO4)C(=O)C(C#N)=C2C)ccc1OCc1ccccc1Cl. The Morgan fingerprint density at radius 2 is 1.80 bits per heavy atom. The zero-order valence-electron chi connectivity index (χ0n) is 21.9. The van der Waals surface area contributed by atoms with Gasteiger partial charge in [-0.1, -0.05) is 41.9 Å². The summed E-state index contributed by atoms with van der Waals surface area (Å²) in [5.41, 5.74) is 2.62. The summed E-state index contributed by atoms with van der Waals surface area (Å²) in [6, 6.07) is 19.9. The second-order valence-electron chi connectivity index (χ2n) is 9.07. The van der Waals surface area contributed by atoms with Crippen LogP contribution in [0.15, 0.2) is 77.4 Å². The van der Waals surface area contributed by atoms with Gasteiger partial charge in [-0.2, -0.15) is 5.26 Å². The first kappa shape index (κ1) is 26.9. The Kier molecular flexibility index (Phi) is 7.76. The third kappa shape index (κ3) is 5.37. The van der Waals surface area contributed by atoms with Crippen molar-refractivity contribution >= 4 is 29.5 Å². The summed E-state index contributed by atoms with van der Waals surface area (Å²) in [6.45, 7) is 4.20. The number of hydrogen-bond acceptors (Lipinski definition) is 7. The summed E-state index contributed by atoms with van der Waals surface area (Å²) in [5.74, 6) is 0.997. The van der Waals surface area contributed by atoms with Gasteiger partial charge in [-0.05, 0) is 67.0 Å². The van der Waals surface area contributed by atoms with Gasteiger partial charge in [-0.15, -0.1) is 0 Å². The first-order valence-electron chi connectivity index (χ1n) is 12.6. The van der Waals surface area contributed by atoms with Gasteiger partial charge in [0.05, 0.1) is 13.2 Å². The van der Waals surface area contributed by atoms with E-state index in [0.717, 1.165) is 10.5 Å². The molecular formula is C31H25ClN2O6. The zero-order chi connectivity index (χ0) is 28.2. The minimum absolute atomic E-state index is 0.0247. The molecule has 2 aliphatic heterocycles. The topological polar surface area (TPSA) is 98.1 Å². The normalized spacial score (nSPS) is 15.4. The van der Waals surface area contributed by atoms with Crippen LogP contribution in [-0.2, 0) is 22.7 Å². The highest BCUT2D eigenvalue weighted by molar-refractivity contribution is 6.31. The van der Waals surface area contributed by atoms with Crippen LogP contribution in [0, 0.1) is 11.3 Å². The second-order valence-corrected chi connectivity index (χ2v) is 9.48. The van der Waals surface area contributed by atoms with Crippen molar-refractivity contribution in [3.8, 4) is 29.1 Å². The Morgan fingerprint density at radius 1 is 1.00 bits per heavy atom. The van der Waals surface area contributed by atoms with Gasteiger partial charge in [0.15, 0.2) is 23.0 Å². The minimum atomic E-state index is -0.641. The lowest BCUT2D eigenvalue weighted by molar-refractivity contribution is -0.141. The van der Waals surface area contributed by atoms with Gasteiger partial charge in [0.1, 0.15) is 18.2 Å². The molecule has 0 spiro atoms. The van der Waals surface area contributed by atoms with E-state index in [1.54, 1.807) is 55.5 Å². The van der Waals surface area contributed by atoms with Crippen molar-refractivity contribution in [3.63, 3.8) is 0 Å².